The van der Waals surface area contributed by atoms with Gasteiger partial charge in [-0.3, -0.25) is 0 Å². The van der Waals surface area contributed by atoms with Crippen molar-refractivity contribution in [2.45, 2.75) is 29.4 Å². The van der Waals surface area contributed by atoms with Crippen LogP contribution in [-0.2, 0) is 20.0 Å². The first-order valence-electron chi connectivity index (χ1n) is 16.4. The first-order chi connectivity index (χ1) is 25.3. The summed E-state index contributed by atoms with van der Waals surface area (Å²) in [7, 11) is -8.23. The largest absolute Gasteiger partial charge is 0.268 e. The summed E-state index contributed by atoms with van der Waals surface area (Å²) in [6.07, 6.45) is 3.48. The van der Waals surface area contributed by atoms with Gasteiger partial charge in [0.1, 0.15) is 0 Å². The van der Waals surface area contributed by atoms with E-state index in [1.165, 1.54) is 31.5 Å². The van der Waals surface area contributed by atoms with E-state index in [9.17, 15) is 16.8 Å². The summed E-state index contributed by atoms with van der Waals surface area (Å²) >= 11 is 2.93. The van der Waals surface area contributed by atoms with Crippen molar-refractivity contribution >= 4 is 77.5 Å². The summed E-state index contributed by atoms with van der Waals surface area (Å²) in [6.45, 7) is 0. The van der Waals surface area contributed by atoms with E-state index in [1.54, 1.807) is 84.9 Å². The van der Waals surface area contributed by atoms with Gasteiger partial charge in [0.15, 0.2) is 0 Å². The molecule has 2 heterocycles. The normalized spacial score (nSPS) is 12.2. The van der Waals surface area contributed by atoms with Crippen LogP contribution in [0.4, 0.5) is 0 Å². The first-order valence-corrected chi connectivity index (χ1v) is 20.9. The minimum Gasteiger partial charge on any atom is -0.233 e. The summed E-state index contributed by atoms with van der Waals surface area (Å²) in [4.78, 5) is 3.59. The average molecular weight is 755 g/mol. The fraction of sp³-hybridized carbons (Fsp3) is 0. The second-order valence-electron chi connectivity index (χ2n) is 11.8. The number of hydrogen-bond donors (Lipinski definition) is 0. The molecule has 8 aromatic rings. The van der Waals surface area contributed by atoms with E-state index in [0.717, 1.165) is 30.4 Å². The molecule has 0 bridgehead atoms. The molecule has 0 aliphatic carbocycles. The van der Waals surface area contributed by atoms with E-state index in [4.69, 9.17) is 0 Å². The lowest BCUT2D eigenvalue weighted by Gasteiger charge is -2.13. The molecule has 0 saturated heterocycles. The van der Waals surface area contributed by atoms with E-state index in [-0.39, 0.29) is 9.79 Å². The first kappa shape index (κ1) is 33.9. The maximum absolute atomic E-state index is 14.6. The Kier molecular flexibility index (Phi) is 9.15. The van der Waals surface area contributed by atoms with Gasteiger partial charge in [-0.05, 0) is 72.8 Å². The standard InChI is InChI=1S/C42H30N2O4S4/c45-51(46,33-21-9-3-10-22-33)43-37-27-15-13-25-35(37)41(49-31-17-5-1-6-18-31)39(43)29-30-40-42(50-32-19-7-2-8-20-32)36-26-14-16-28-38(36)44(40)52(47,48)34-23-11-4-12-24-34/h1-30H. The lowest BCUT2D eigenvalue weighted by Crippen LogP contribution is -2.15. The lowest BCUT2D eigenvalue weighted by molar-refractivity contribution is 0.586. The smallest absolute Gasteiger partial charge is 0.233 e. The summed E-state index contributed by atoms with van der Waals surface area (Å²) in [6, 6.07) is 51.1. The summed E-state index contributed by atoms with van der Waals surface area (Å²) in [5.41, 5.74) is 1.84. The lowest BCUT2D eigenvalue weighted by atomic mass is 10.2. The van der Waals surface area contributed by atoms with Gasteiger partial charge in [0, 0.05) is 30.4 Å². The number of nitrogens with zero attached hydrogens (tertiary/aromatic N) is 2. The molecule has 256 valence electrons. The van der Waals surface area contributed by atoms with Crippen LogP contribution in [0.2, 0.25) is 0 Å². The molecule has 6 nitrogen and oxygen atoms in total. The monoisotopic (exact) mass is 754 g/mol. The van der Waals surface area contributed by atoms with Crippen molar-refractivity contribution in [3.8, 4) is 0 Å². The fourth-order valence-corrected chi connectivity index (χ4v) is 11.5. The highest BCUT2D eigenvalue weighted by atomic mass is 32.2. The topological polar surface area (TPSA) is 78.1 Å². The van der Waals surface area contributed by atoms with Crippen LogP contribution in [0.1, 0.15) is 11.4 Å². The van der Waals surface area contributed by atoms with Gasteiger partial charge in [0.25, 0.3) is 20.0 Å². The van der Waals surface area contributed by atoms with Gasteiger partial charge in [-0.2, -0.15) is 0 Å². The Balaban J connectivity index is 1.44. The molecule has 0 spiro atoms. The van der Waals surface area contributed by atoms with Gasteiger partial charge >= 0.3 is 0 Å². The molecular formula is C42H30N2O4S4. The molecule has 10 heteroatoms. The Bertz CT molecular complexity index is 2600. The highest BCUT2D eigenvalue weighted by molar-refractivity contribution is 8.00. The van der Waals surface area contributed by atoms with E-state index in [0.29, 0.717) is 22.4 Å². The number of aromatic nitrogens is 2. The minimum atomic E-state index is -4.12. The Morgan fingerprint density at radius 2 is 0.692 bits per heavy atom. The summed E-state index contributed by atoms with van der Waals surface area (Å²) in [5, 5.41) is 1.51. The quantitative estimate of drug-likeness (QED) is 0.138. The minimum absolute atomic E-state index is 0.141. The second-order valence-corrected chi connectivity index (χ2v) is 17.5. The van der Waals surface area contributed by atoms with Crippen molar-refractivity contribution in [2.75, 3.05) is 0 Å². The molecule has 0 aliphatic rings. The number of para-hydroxylation sites is 2. The van der Waals surface area contributed by atoms with Gasteiger partial charge < -0.3 is 0 Å². The van der Waals surface area contributed by atoms with Gasteiger partial charge in [0.2, 0.25) is 0 Å². The summed E-state index contributed by atoms with van der Waals surface area (Å²) in [5.74, 6) is 0. The average Bonchev–Trinajstić information content (AvgIpc) is 3.68. The van der Waals surface area contributed by atoms with Crippen LogP contribution in [0.5, 0.6) is 0 Å². The molecule has 2 aromatic heterocycles. The Labute approximate surface area is 311 Å². The van der Waals surface area contributed by atoms with Crippen molar-refractivity contribution in [1.82, 2.24) is 7.94 Å². The van der Waals surface area contributed by atoms with Crippen LogP contribution < -0.4 is 0 Å². The Morgan fingerprint density at radius 3 is 1.06 bits per heavy atom. The third kappa shape index (κ3) is 6.17. The highest BCUT2D eigenvalue weighted by Gasteiger charge is 2.29. The molecule has 52 heavy (non-hydrogen) atoms. The number of rotatable bonds is 10. The fourth-order valence-electron chi connectivity index (χ4n) is 6.19. The molecule has 0 atom stereocenters. The molecule has 6 aromatic carbocycles. The van der Waals surface area contributed by atoms with Crippen LogP contribution in [0.15, 0.2) is 199 Å². The van der Waals surface area contributed by atoms with Gasteiger partial charge in [-0.1, -0.05) is 133 Å². The van der Waals surface area contributed by atoms with Crippen molar-refractivity contribution in [3.63, 3.8) is 0 Å². The molecule has 0 fully saturated rings. The zero-order valence-corrected chi connectivity index (χ0v) is 30.7. The summed E-state index contributed by atoms with van der Waals surface area (Å²) < 4.78 is 61.2. The Morgan fingerprint density at radius 1 is 0.385 bits per heavy atom. The zero-order chi connectivity index (χ0) is 35.7. The molecular weight excluding hydrogens is 725 g/mol. The van der Waals surface area contributed by atoms with Crippen LogP contribution in [-0.4, -0.2) is 24.8 Å². The molecule has 8 rings (SSSR count). The van der Waals surface area contributed by atoms with Gasteiger partial charge in [0.05, 0.1) is 32.2 Å². The predicted molar refractivity (Wildman–Crippen MR) is 212 cm³/mol. The number of fused-ring (bicyclic) bond motifs is 2. The van der Waals surface area contributed by atoms with Crippen LogP contribution in [0, 0.1) is 0 Å². The zero-order valence-electron chi connectivity index (χ0n) is 27.5. The molecule has 0 amide bonds. The number of hydrogen-bond acceptors (Lipinski definition) is 6. The van der Waals surface area contributed by atoms with Crippen molar-refractivity contribution in [2.24, 2.45) is 0 Å². The molecule has 0 aliphatic heterocycles. The van der Waals surface area contributed by atoms with Crippen molar-refractivity contribution in [3.05, 3.63) is 181 Å². The maximum atomic E-state index is 14.6. The van der Waals surface area contributed by atoms with E-state index in [2.05, 4.69) is 0 Å². The second kappa shape index (κ2) is 14.0. The number of benzene rings is 6. The van der Waals surface area contributed by atoms with E-state index < -0.39 is 20.0 Å². The third-order valence-electron chi connectivity index (χ3n) is 8.53. The molecule has 0 unspecified atom stereocenters. The van der Waals surface area contributed by atoms with Crippen LogP contribution in [0.25, 0.3) is 34.0 Å². The Hall–Kier alpha value is -5.26. The van der Waals surface area contributed by atoms with Crippen LogP contribution in [0.3, 0.4) is 0 Å². The highest BCUT2D eigenvalue weighted by Crippen LogP contribution is 2.44. The van der Waals surface area contributed by atoms with Crippen molar-refractivity contribution in [1.29, 1.82) is 0 Å². The molecule has 0 saturated carbocycles. The molecule has 0 radical (unpaired) electrons. The van der Waals surface area contributed by atoms with E-state index >= 15 is 0 Å². The SMILES string of the molecule is O=S(=O)(c1ccccc1)n1c(C=Cc2c(Sc3ccccc3)c3ccccc3n2S(=O)(=O)c2ccccc2)c(Sc2ccccc2)c2ccccc21. The molecule has 0 N–H and O–H groups in total. The van der Waals surface area contributed by atoms with Gasteiger partial charge in [-0.15, -0.1) is 0 Å². The van der Waals surface area contributed by atoms with Gasteiger partial charge in [-0.25, -0.2) is 24.8 Å². The third-order valence-corrected chi connectivity index (χ3v) is 14.3. The predicted octanol–water partition coefficient (Wildman–Crippen LogP) is 10.5. The van der Waals surface area contributed by atoms with Crippen LogP contribution >= 0.6 is 23.5 Å². The van der Waals surface area contributed by atoms with E-state index in [1.807, 2.05) is 97.1 Å². The van der Waals surface area contributed by atoms with Crippen molar-refractivity contribution < 1.29 is 16.8 Å². The maximum Gasteiger partial charge on any atom is 0.268 e.